The van der Waals surface area contributed by atoms with E-state index in [1.807, 2.05) is 24.3 Å². The summed E-state index contributed by atoms with van der Waals surface area (Å²) >= 11 is 0.903. The van der Waals surface area contributed by atoms with Crippen molar-refractivity contribution >= 4 is 34.9 Å². The molecular formula is C23H26ClN3O4S. The number of amides is 3. The zero-order chi connectivity index (χ0) is 22.6. The zero-order valence-electron chi connectivity index (χ0n) is 18.2. The van der Waals surface area contributed by atoms with Crippen molar-refractivity contribution in [2.45, 2.75) is 32.7 Å². The number of nitrogens with one attached hydrogen (secondary N) is 1. The summed E-state index contributed by atoms with van der Waals surface area (Å²) in [4.78, 5) is 38.4. The molecule has 2 aromatic rings. The molecule has 9 heteroatoms. The van der Waals surface area contributed by atoms with Gasteiger partial charge in [0, 0.05) is 19.2 Å². The minimum atomic E-state index is -0.355. The number of carbonyl (C=O) groups excluding carboxylic acids is 3. The summed E-state index contributed by atoms with van der Waals surface area (Å²) in [5.41, 5.74) is 2.09. The highest BCUT2D eigenvalue weighted by atomic mass is 35.5. The van der Waals surface area contributed by atoms with Gasteiger partial charge in [0.1, 0.15) is 0 Å². The molecule has 0 saturated carbocycles. The number of carbonyl (C=O) groups is 3. The molecule has 0 radical (unpaired) electrons. The molecule has 3 amide bonds. The number of benzene rings is 1. The van der Waals surface area contributed by atoms with Gasteiger partial charge in [-0.1, -0.05) is 45.0 Å². The van der Waals surface area contributed by atoms with Crippen molar-refractivity contribution in [3.63, 3.8) is 0 Å². The third kappa shape index (κ3) is 6.58. The monoisotopic (exact) mass is 475 g/mol. The molecule has 1 aromatic carbocycles. The largest absolute Gasteiger partial charge is 1.00 e. The van der Waals surface area contributed by atoms with Gasteiger partial charge in [0.25, 0.3) is 17.1 Å². The second-order valence-electron chi connectivity index (χ2n) is 8.29. The summed E-state index contributed by atoms with van der Waals surface area (Å²) in [6.45, 7) is 6.68. The molecule has 1 fully saturated rings. The van der Waals surface area contributed by atoms with Crippen molar-refractivity contribution in [1.82, 2.24) is 10.2 Å². The van der Waals surface area contributed by atoms with Crippen LogP contribution < -0.4 is 22.3 Å². The lowest BCUT2D eigenvalue weighted by atomic mass is 9.87. The first-order chi connectivity index (χ1) is 14.6. The van der Waals surface area contributed by atoms with Gasteiger partial charge < -0.3 is 22.8 Å². The van der Waals surface area contributed by atoms with Crippen LogP contribution in [0.2, 0.25) is 0 Å². The second kappa shape index (κ2) is 10.7. The Balaban J connectivity index is 0.00000363. The molecule has 0 atom stereocenters. The molecule has 0 unspecified atom stereocenters. The van der Waals surface area contributed by atoms with E-state index in [-0.39, 0.29) is 60.3 Å². The number of aromatic nitrogens is 1. The maximum absolute atomic E-state index is 12.6. The van der Waals surface area contributed by atoms with Crippen LogP contribution in [0, 0.1) is 0 Å². The lowest BCUT2D eigenvalue weighted by Crippen LogP contribution is -3.00. The van der Waals surface area contributed by atoms with Crippen molar-refractivity contribution in [1.29, 1.82) is 0 Å². The molecule has 3 rings (SSSR count). The Morgan fingerprint density at radius 2 is 1.88 bits per heavy atom. The number of hydrogen-bond acceptors (Lipinski definition) is 5. The predicted octanol–water partition coefficient (Wildman–Crippen LogP) is -0.166. The second-order valence-corrected chi connectivity index (χ2v) is 9.28. The highest BCUT2D eigenvalue weighted by Gasteiger charge is 2.34. The summed E-state index contributed by atoms with van der Waals surface area (Å²) in [6, 6.07) is 11.1. The van der Waals surface area contributed by atoms with E-state index in [0.717, 1.165) is 22.2 Å². The average Bonchev–Trinajstić information content (AvgIpc) is 2.95. The Morgan fingerprint density at radius 3 is 2.50 bits per heavy atom. The predicted molar refractivity (Wildman–Crippen MR) is 119 cm³/mol. The van der Waals surface area contributed by atoms with Crippen LogP contribution in [-0.4, -0.2) is 40.1 Å². The maximum atomic E-state index is 12.6. The van der Waals surface area contributed by atoms with Gasteiger partial charge >= 0.3 is 0 Å². The number of halogens is 1. The molecule has 0 aliphatic carbocycles. The number of aromatic hydroxyl groups is 1. The van der Waals surface area contributed by atoms with E-state index < -0.39 is 0 Å². The Morgan fingerprint density at radius 1 is 1.19 bits per heavy atom. The number of nitrogens with zero attached hydrogens (tertiary/aromatic N) is 2. The molecule has 1 aliphatic rings. The SMILES string of the molecule is CC(C)(C)c1ccc(/C=C2/SC(=O)N(CCNC(=O)C[n+]3cccc(O)c3)C2=O)cc1.[Cl-]. The van der Waals surface area contributed by atoms with Crippen LogP contribution in [-0.2, 0) is 21.5 Å². The first-order valence-electron chi connectivity index (χ1n) is 9.94. The van der Waals surface area contributed by atoms with Crippen LogP contribution in [0.25, 0.3) is 6.08 Å². The van der Waals surface area contributed by atoms with Gasteiger partial charge in [-0.15, -0.1) is 0 Å². The van der Waals surface area contributed by atoms with Crippen LogP contribution in [0.3, 0.4) is 0 Å². The Bertz CT molecular complexity index is 1030. The van der Waals surface area contributed by atoms with E-state index in [4.69, 9.17) is 0 Å². The molecule has 1 aromatic heterocycles. The number of rotatable bonds is 6. The Labute approximate surface area is 197 Å². The fourth-order valence-corrected chi connectivity index (χ4v) is 3.92. The van der Waals surface area contributed by atoms with Crippen LogP contribution >= 0.6 is 11.8 Å². The molecule has 32 heavy (non-hydrogen) atoms. The minimum absolute atomic E-state index is 0. The van der Waals surface area contributed by atoms with Gasteiger partial charge in [-0.2, -0.15) is 4.57 Å². The van der Waals surface area contributed by atoms with Crippen molar-refractivity contribution < 1.29 is 36.5 Å². The van der Waals surface area contributed by atoms with E-state index in [9.17, 15) is 19.5 Å². The number of pyridine rings is 1. The Kier molecular flexibility index (Phi) is 8.46. The topological polar surface area (TPSA) is 90.6 Å². The third-order valence-corrected chi connectivity index (χ3v) is 5.68. The lowest BCUT2D eigenvalue weighted by molar-refractivity contribution is -0.684. The number of thioether (sulfide) groups is 1. The Hall–Kier alpha value is -2.84. The third-order valence-electron chi connectivity index (χ3n) is 4.77. The fraction of sp³-hybridized carbons (Fsp3) is 0.304. The minimum Gasteiger partial charge on any atom is -1.00 e. The van der Waals surface area contributed by atoms with Crippen LogP contribution in [0.4, 0.5) is 4.79 Å². The summed E-state index contributed by atoms with van der Waals surface area (Å²) in [6.07, 6.45) is 4.82. The van der Waals surface area contributed by atoms with E-state index in [2.05, 4.69) is 26.1 Å². The maximum Gasteiger partial charge on any atom is 0.293 e. The first kappa shape index (κ1) is 25.4. The number of hydrogen-bond donors (Lipinski definition) is 2. The summed E-state index contributed by atoms with van der Waals surface area (Å²) in [7, 11) is 0. The van der Waals surface area contributed by atoms with Crippen molar-refractivity contribution in [2.75, 3.05) is 13.1 Å². The average molecular weight is 476 g/mol. The van der Waals surface area contributed by atoms with Crippen molar-refractivity contribution in [3.05, 3.63) is 64.8 Å². The van der Waals surface area contributed by atoms with Gasteiger partial charge in [-0.05, 0) is 40.4 Å². The highest BCUT2D eigenvalue weighted by molar-refractivity contribution is 8.18. The van der Waals surface area contributed by atoms with Gasteiger partial charge in [0.15, 0.2) is 11.9 Å². The van der Waals surface area contributed by atoms with E-state index in [0.29, 0.717) is 4.91 Å². The number of imide groups is 1. The molecule has 2 N–H and O–H groups in total. The molecule has 0 spiro atoms. The first-order valence-corrected chi connectivity index (χ1v) is 10.8. The lowest BCUT2D eigenvalue weighted by Gasteiger charge is -2.18. The fourth-order valence-electron chi connectivity index (χ4n) is 3.06. The molecule has 1 aliphatic heterocycles. The summed E-state index contributed by atoms with van der Waals surface area (Å²) in [5, 5.41) is 11.8. The molecule has 0 bridgehead atoms. The molecule has 7 nitrogen and oxygen atoms in total. The zero-order valence-corrected chi connectivity index (χ0v) is 19.7. The van der Waals surface area contributed by atoms with E-state index in [1.165, 1.54) is 17.8 Å². The van der Waals surface area contributed by atoms with Crippen LogP contribution in [0.1, 0.15) is 31.9 Å². The van der Waals surface area contributed by atoms with Gasteiger partial charge in [0.05, 0.1) is 4.91 Å². The smallest absolute Gasteiger partial charge is 0.293 e. The van der Waals surface area contributed by atoms with Gasteiger partial charge in [-0.25, -0.2) is 0 Å². The molecule has 2 heterocycles. The molecule has 170 valence electrons. The molecular weight excluding hydrogens is 450 g/mol. The van der Waals surface area contributed by atoms with E-state index >= 15 is 0 Å². The highest BCUT2D eigenvalue weighted by Crippen LogP contribution is 2.32. The standard InChI is InChI=1S/C23H25N3O4S.ClH/c1-23(2,3)17-8-6-16(7-9-17)13-19-21(29)26(22(30)31-19)12-10-24-20(28)15-25-11-4-5-18(27)14-25;/h4-9,11,13-14H,10,12,15H2,1-3H3,(H-,24,27,28);1H/b19-13+;. The van der Waals surface area contributed by atoms with E-state index in [1.54, 1.807) is 22.9 Å². The van der Waals surface area contributed by atoms with Crippen LogP contribution in [0.5, 0.6) is 5.75 Å². The van der Waals surface area contributed by atoms with Crippen molar-refractivity contribution in [2.24, 2.45) is 0 Å². The molecule has 1 saturated heterocycles. The van der Waals surface area contributed by atoms with Gasteiger partial charge in [-0.3, -0.25) is 19.3 Å². The van der Waals surface area contributed by atoms with Crippen molar-refractivity contribution in [3.8, 4) is 5.75 Å². The van der Waals surface area contributed by atoms with Crippen LogP contribution in [0.15, 0.2) is 53.7 Å². The quantitative estimate of drug-likeness (QED) is 0.447. The summed E-state index contributed by atoms with van der Waals surface area (Å²) < 4.78 is 1.54. The summed E-state index contributed by atoms with van der Waals surface area (Å²) in [5.74, 6) is -0.573. The normalized spacial score (nSPS) is 15.1. The van der Waals surface area contributed by atoms with Gasteiger partial charge in [0.2, 0.25) is 12.7 Å².